The van der Waals surface area contributed by atoms with Crippen molar-refractivity contribution in [2.45, 2.75) is 43.5 Å². The summed E-state index contributed by atoms with van der Waals surface area (Å²) < 4.78 is 0. The molecule has 3 nitrogen and oxygen atoms in total. The number of hydrogen-bond acceptors (Lipinski definition) is 3. The minimum absolute atomic E-state index is 0.145. The molecule has 0 unspecified atom stereocenters. The van der Waals surface area contributed by atoms with Crippen molar-refractivity contribution in [1.82, 2.24) is 5.32 Å². The zero-order valence-corrected chi connectivity index (χ0v) is 16.4. The molecule has 0 saturated carbocycles. The highest BCUT2D eigenvalue weighted by Gasteiger charge is 2.08. The molecule has 0 spiro atoms. The van der Waals surface area contributed by atoms with Gasteiger partial charge in [0.1, 0.15) is 0 Å². The summed E-state index contributed by atoms with van der Waals surface area (Å²) in [5.41, 5.74) is 9.18. The number of benzene rings is 2. The molecule has 0 fully saturated rings. The van der Waals surface area contributed by atoms with Gasteiger partial charge < -0.3 is 11.1 Å². The van der Waals surface area contributed by atoms with Gasteiger partial charge in [0.2, 0.25) is 0 Å². The van der Waals surface area contributed by atoms with Crippen LogP contribution in [0.2, 0.25) is 0 Å². The zero-order valence-electron chi connectivity index (χ0n) is 15.6. The molecule has 0 bridgehead atoms. The fourth-order valence-corrected chi connectivity index (χ4v) is 3.33. The molecule has 0 aromatic heterocycles. The van der Waals surface area contributed by atoms with Crippen LogP contribution in [0.3, 0.4) is 0 Å². The minimum Gasteiger partial charge on any atom is -0.402 e. The van der Waals surface area contributed by atoms with Crippen LogP contribution in [-0.2, 0) is 11.3 Å². The highest BCUT2D eigenvalue weighted by atomic mass is 32.2. The number of amides is 1. The van der Waals surface area contributed by atoms with E-state index in [2.05, 4.69) is 48.6 Å². The van der Waals surface area contributed by atoms with Gasteiger partial charge in [-0.25, -0.2) is 0 Å². The lowest BCUT2D eigenvalue weighted by molar-refractivity contribution is -0.117. The highest BCUT2D eigenvalue weighted by Crippen LogP contribution is 2.28. The molecule has 26 heavy (non-hydrogen) atoms. The first kappa shape index (κ1) is 19.9. The van der Waals surface area contributed by atoms with Crippen molar-refractivity contribution in [2.24, 2.45) is 5.73 Å². The predicted octanol–water partition coefficient (Wildman–Crippen LogP) is 4.96. The van der Waals surface area contributed by atoms with Crippen molar-refractivity contribution < 1.29 is 4.79 Å². The maximum atomic E-state index is 12.3. The van der Waals surface area contributed by atoms with E-state index in [0.29, 0.717) is 17.8 Å². The lowest BCUT2D eigenvalue weighted by Gasteiger charge is -2.09. The molecule has 2 aromatic rings. The van der Waals surface area contributed by atoms with E-state index in [1.807, 2.05) is 25.1 Å². The summed E-state index contributed by atoms with van der Waals surface area (Å²) in [5.74, 6) is -0.145. The Balaban J connectivity index is 1.95. The van der Waals surface area contributed by atoms with Crippen LogP contribution in [0.5, 0.6) is 0 Å². The number of nitrogens with two attached hydrogens (primary N) is 1. The van der Waals surface area contributed by atoms with Crippen LogP contribution < -0.4 is 11.1 Å². The molecule has 0 atom stereocenters. The maximum Gasteiger partial charge on any atom is 0.253 e. The number of carbonyl (C=O) groups is 1. The lowest BCUT2D eigenvalue weighted by atomic mass is 10.1. The van der Waals surface area contributed by atoms with Gasteiger partial charge in [-0.1, -0.05) is 60.7 Å². The fraction of sp³-hybridized carbons (Fsp3) is 0.227. The lowest BCUT2D eigenvalue weighted by Crippen LogP contribution is -2.25. The molecule has 0 saturated heterocycles. The number of aryl methyl sites for hydroxylation is 1. The molecule has 0 heterocycles. The van der Waals surface area contributed by atoms with Crippen molar-refractivity contribution in [3.63, 3.8) is 0 Å². The molecule has 0 aliphatic heterocycles. The molecule has 1 amide bonds. The summed E-state index contributed by atoms with van der Waals surface area (Å²) in [6.45, 7) is 6.34. The standard InChI is InChI=1S/C22H26N2OS/c1-4-5-9-21(17(3)23)22(25)24-15-18-10-12-19(13-11-18)26-20-8-6-7-16(2)14-20/h5-14H,4,15,23H2,1-3H3,(H,24,25)/b9-5-,21-17-. The first-order chi connectivity index (χ1) is 12.5. The average Bonchev–Trinajstić information content (AvgIpc) is 2.61. The van der Waals surface area contributed by atoms with Crippen LogP contribution in [0.15, 0.2) is 81.7 Å². The first-order valence-electron chi connectivity index (χ1n) is 8.74. The topological polar surface area (TPSA) is 55.1 Å². The Morgan fingerprint density at radius 1 is 1.15 bits per heavy atom. The van der Waals surface area contributed by atoms with E-state index < -0.39 is 0 Å². The quantitative estimate of drug-likeness (QED) is 0.538. The maximum absolute atomic E-state index is 12.3. The molecular formula is C22H26N2OS. The van der Waals surface area contributed by atoms with Crippen LogP contribution in [0, 0.1) is 6.92 Å². The van der Waals surface area contributed by atoms with Crippen molar-refractivity contribution in [2.75, 3.05) is 0 Å². The molecule has 0 aliphatic rings. The van der Waals surface area contributed by atoms with Crippen LogP contribution in [-0.4, -0.2) is 5.91 Å². The Labute approximate surface area is 160 Å². The monoisotopic (exact) mass is 366 g/mol. The third-order valence-electron chi connectivity index (χ3n) is 3.79. The second-order valence-corrected chi connectivity index (χ2v) is 7.30. The third kappa shape index (κ3) is 6.12. The number of carbonyl (C=O) groups excluding carboxylic acids is 1. The van der Waals surface area contributed by atoms with Gasteiger partial charge in [-0.05, 0) is 50.1 Å². The Bertz CT molecular complexity index is 803. The Morgan fingerprint density at radius 2 is 1.88 bits per heavy atom. The van der Waals surface area contributed by atoms with E-state index in [9.17, 15) is 4.79 Å². The van der Waals surface area contributed by atoms with Gasteiger partial charge in [0.25, 0.3) is 5.91 Å². The summed E-state index contributed by atoms with van der Waals surface area (Å²) >= 11 is 1.73. The second kappa shape index (κ2) is 9.88. The molecule has 3 N–H and O–H groups in total. The van der Waals surface area contributed by atoms with Crippen molar-refractivity contribution in [3.8, 4) is 0 Å². The average molecular weight is 367 g/mol. The van der Waals surface area contributed by atoms with Crippen molar-refractivity contribution in [3.05, 3.63) is 83.1 Å². The van der Waals surface area contributed by atoms with E-state index in [-0.39, 0.29) is 5.91 Å². The van der Waals surface area contributed by atoms with E-state index >= 15 is 0 Å². The van der Waals surface area contributed by atoms with Crippen molar-refractivity contribution in [1.29, 1.82) is 0 Å². The van der Waals surface area contributed by atoms with E-state index in [0.717, 1.165) is 12.0 Å². The molecular weight excluding hydrogens is 340 g/mol. The minimum atomic E-state index is -0.145. The Hall–Kier alpha value is -2.46. The van der Waals surface area contributed by atoms with E-state index in [4.69, 9.17) is 5.73 Å². The summed E-state index contributed by atoms with van der Waals surface area (Å²) in [6, 6.07) is 16.7. The molecule has 2 rings (SSSR count). The SMILES string of the molecule is CC/C=C\C(C(=O)NCc1ccc(Sc2cccc(C)c2)cc1)=C(/C)N. The van der Waals surface area contributed by atoms with E-state index in [1.54, 1.807) is 24.8 Å². The molecule has 136 valence electrons. The van der Waals surface area contributed by atoms with Gasteiger partial charge in [-0.2, -0.15) is 0 Å². The van der Waals surface area contributed by atoms with Crippen LogP contribution in [0.1, 0.15) is 31.4 Å². The van der Waals surface area contributed by atoms with Gasteiger partial charge in [0.15, 0.2) is 0 Å². The molecule has 4 heteroatoms. The van der Waals surface area contributed by atoms with Crippen molar-refractivity contribution >= 4 is 17.7 Å². The van der Waals surface area contributed by atoms with Gasteiger partial charge >= 0.3 is 0 Å². The number of nitrogens with one attached hydrogen (secondary N) is 1. The van der Waals surface area contributed by atoms with Crippen LogP contribution in [0.4, 0.5) is 0 Å². The van der Waals surface area contributed by atoms with E-state index in [1.165, 1.54) is 15.4 Å². The summed E-state index contributed by atoms with van der Waals surface area (Å²) in [4.78, 5) is 14.7. The third-order valence-corrected chi connectivity index (χ3v) is 4.79. The number of rotatable bonds is 7. The summed E-state index contributed by atoms with van der Waals surface area (Å²) in [5, 5.41) is 2.93. The largest absolute Gasteiger partial charge is 0.402 e. The number of allylic oxidation sites excluding steroid dienone is 2. The van der Waals surface area contributed by atoms with Crippen LogP contribution in [0.25, 0.3) is 0 Å². The van der Waals surface area contributed by atoms with Gasteiger partial charge in [-0.3, -0.25) is 4.79 Å². The Morgan fingerprint density at radius 3 is 2.50 bits per heavy atom. The van der Waals surface area contributed by atoms with Gasteiger partial charge in [0.05, 0.1) is 5.57 Å². The smallest absolute Gasteiger partial charge is 0.253 e. The molecule has 0 aliphatic carbocycles. The summed E-state index contributed by atoms with van der Waals surface area (Å²) in [7, 11) is 0. The zero-order chi connectivity index (χ0) is 18.9. The van der Waals surface area contributed by atoms with Gasteiger partial charge in [0, 0.05) is 22.0 Å². The molecule has 0 radical (unpaired) electrons. The first-order valence-corrected chi connectivity index (χ1v) is 9.55. The normalized spacial score (nSPS) is 12.1. The second-order valence-electron chi connectivity index (χ2n) is 6.15. The highest BCUT2D eigenvalue weighted by molar-refractivity contribution is 7.99. The number of hydrogen-bond donors (Lipinski definition) is 2. The van der Waals surface area contributed by atoms with Crippen LogP contribution >= 0.6 is 11.8 Å². The van der Waals surface area contributed by atoms with Gasteiger partial charge in [-0.15, -0.1) is 0 Å². The predicted molar refractivity (Wildman–Crippen MR) is 110 cm³/mol. The summed E-state index contributed by atoms with van der Waals surface area (Å²) in [6.07, 6.45) is 4.58. The Kier molecular flexibility index (Phi) is 7.54. The fourth-order valence-electron chi connectivity index (χ4n) is 2.39. The molecule has 2 aromatic carbocycles.